The van der Waals surface area contributed by atoms with Crippen molar-refractivity contribution in [2.75, 3.05) is 34.2 Å². The van der Waals surface area contributed by atoms with Crippen LogP contribution in [0.25, 0.3) is 0 Å². The Morgan fingerprint density at radius 1 is 1.14 bits per heavy atom. The number of rotatable bonds is 7. The number of hydrogen-bond donors (Lipinski definition) is 2. The molecule has 2 N–H and O–H groups in total. The van der Waals surface area contributed by atoms with Crippen LogP contribution in [0.15, 0.2) is 0 Å². The fraction of sp³-hybridized carbons (Fsp3) is 0.786. The minimum absolute atomic E-state index is 0.284. The molecule has 8 heteroatoms. The molecule has 0 aromatic heterocycles. The standard InChI is InChI=1S/C14H27N3O5/c1-14(2,3)22-13(21)17(6)8-7-16(5)12(20)10(15-4)9-11(18)19/h10,15H,7-9H2,1-6H3,(H,18,19). The normalized spacial score (nSPS) is 12.5. The highest BCUT2D eigenvalue weighted by molar-refractivity contribution is 5.86. The Hall–Kier alpha value is -1.83. The molecule has 0 radical (unpaired) electrons. The number of amides is 2. The molecule has 0 fully saturated rings. The summed E-state index contributed by atoms with van der Waals surface area (Å²) in [6.45, 7) is 5.90. The van der Waals surface area contributed by atoms with Gasteiger partial charge in [-0.2, -0.15) is 0 Å². The number of carbonyl (C=O) groups is 3. The maximum atomic E-state index is 12.1. The van der Waals surface area contributed by atoms with Crippen LogP contribution in [0.4, 0.5) is 4.79 Å². The summed E-state index contributed by atoms with van der Waals surface area (Å²) in [7, 11) is 4.68. The lowest BCUT2D eigenvalue weighted by Crippen LogP contribution is -2.47. The molecular weight excluding hydrogens is 290 g/mol. The zero-order valence-electron chi connectivity index (χ0n) is 14.2. The molecule has 0 spiro atoms. The van der Waals surface area contributed by atoms with E-state index in [9.17, 15) is 14.4 Å². The van der Waals surface area contributed by atoms with Gasteiger partial charge in [0.1, 0.15) is 5.60 Å². The first-order chi connectivity index (χ1) is 9.97. The van der Waals surface area contributed by atoms with Crippen LogP contribution in [-0.4, -0.2) is 78.8 Å². The fourth-order valence-corrected chi connectivity index (χ4v) is 1.59. The first kappa shape index (κ1) is 20.2. The van der Waals surface area contributed by atoms with Gasteiger partial charge in [-0.1, -0.05) is 0 Å². The highest BCUT2D eigenvalue weighted by Crippen LogP contribution is 2.09. The summed E-state index contributed by atoms with van der Waals surface area (Å²) in [5.41, 5.74) is -0.578. The molecule has 0 heterocycles. The summed E-state index contributed by atoms with van der Waals surface area (Å²) in [5.74, 6) is -1.38. The number of ether oxygens (including phenoxy) is 1. The van der Waals surface area contributed by atoms with Crippen molar-refractivity contribution in [2.45, 2.75) is 38.8 Å². The van der Waals surface area contributed by atoms with E-state index in [2.05, 4.69) is 5.32 Å². The summed E-state index contributed by atoms with van der Waals surface area (Å²) in [6.07, 6.45) is -0.759. The van der Waals surface area contributed by atoms with Crippen molar-refractivity contribution in [1.29, 1.82) is 0 Å². The maximum absolute atomic E-state index is 12.1. The summed E-state index contributed by atoms with van der Waals surface area (Å²) < 4.78 is 5.21. The van der Waals surface area contributed by atoms with Gasteiger partial charge >= 0.3 is 12.1 Å². The molecule has 1 unspecified atom stereocenters. The van der Waals surface area contributed by atoms with Gasteiger partial charge in [-0.05, 0) is 27.8 Å². The molecule has 0 aliphatic rings. The number of aliphatic carboxylic acids is 1. The van der Waals surface area contributed by atoms with E-state index in [4.69, 9.17) is 9.84 Å². The average molecular weight is 317 g/mol. The lowest BCUT2D eigenvalue weighted by molar-refractivity contribution is -0.142. The SMILES string of the molecule is CNC(CC(=O)O)C(=O)N(C)CCN(C)C(=O)OC(C)(C)C. The van der Waals surface area contributed by atoms with Gasteiger partial charge in [0.05, 0.1) is 12.5 Å². The average Bonchev–Trinajstić information content (AvgIpc) is 2.38. The Bertz CT molecular complexity index is 406. The van der Waals surface area contributed by atoms with Gasteiger partial charge in [-0.3, -0.25) is 9.59 Å². The van der Waals surface area contributed by atoms with Crippen LogP contribution in [0.1, 0.15) is 27.2 Å². The second-order valence-corrected chi connectivity index (χ2v) is 6.10. The Morgan fingerprint density at radius 2 is 1.64 bits per heavy atom. The molecule has 8 nitrogen and oxygen atoms in total. The minimum atomic E-state index is -1.05. The van der Waals surface area contributed by atoms with Gasteiger partial charge in [0.2, 0.25) is 5.91 Å². The van der Waals surface area contributed by atoms with Crippen LogP contribution in [-0.2, 0) is 14.3 Å². The number of nitrogens with one attached hydrogen (secondary N) is 1. The Labute approximate surface area is 131 Å². The molecule has 0 saturated heterocycles. The lowest BCUT2D eigenvalue weighted by atomic mass is 10.2. The molecule has 0 saturated carbocycles. The second-order valence-electron chi connectivity index (χ2n) is 6.10. The smallest absolute Gasteiger partial charge is 0.410 e. The van der Waals surface area contributed by atoms with Crippen LogP contribution >= 0.6 is 0 Å². The molecule has 2 amide bonds. The topological polar surface area (TPSA) is 99.2 Å². The van der Waals surface area contributed by atoms with Crippen molar-refractivity contribution >= 4 is 18.0 Å². The van der Waals surface area contributed by atoms with E-state index in [-0.39, 0.29) is 18.9 Å². The largest absolute Gasteiger partial charge is 0.481 e. The monoisotopic (exact) mass is 317 g/mol. The van der Waals surface area contributed by atoms with Crippen molar-refractivity contribution in [3.8, 4) is 0 Å². The molecule has 0 rings (SSSR count). The van der Waals surface area contributed by atoms with Crippen molar-refractivity contribution in [1.82, 2.24) is 15.1 Å². The van der Waals surface area contributed by atoms with Gasteiger partial charge in [0.25, 0.3) is 0 Å². The summed E-state index contributed by atoms with van der Waals surface area (Å²) >= 11 is 0. The third-order valence-corrected chi connectivity index (χ3v) is 2.88. The van der Waals surface area contributed by atoms with Crippen LogP contribution < -0.4 is 5.32 Å². The third kappa shape index (κ3) is 7.82. The molecule has 0 aliphatic heterocycles. The molecule has 0 aliphatic carbocycles. The number of carbonyl (C=O) groups excluding carboxylic acids is 2. The minimum Gasteiger partial charge on any atom is -0.481 e. The predicted octanol–water partition coefficient (Wildman–Crippen LogP) is 0.374. The molecule has 0 aromatic carbocycles. The summed E-state index contributed by atoms with van der Waals surface area (Å²) in [4.78, 5) is 37.3. The zero-order chi connectivity index (χ0) is 17.5. The molecule has 0 aromatic rings. The highest BCUT2D eigenvalue weighted by atomic mass is 16.6. The first-order valence-corrected chi connectivity index (χ1v) is 7.06. The van der Waals surface area contributed by atoms with Crippen LogP contribution in [0.5, 0.6) is 0 Å². The molecular formula is C14H27N3O5. The highest BCUT2D eigenvalue weighted by Gasteiger charge is 2.24. The van der Waals surface area contributed by atoms with Crippen molar-refractivity contribution in [2.24, 2.45) is 0 Å². The van der Waals surface area contributed by atoms with Gasteiger partial charge < -0.3 is 25.0 Å². The van der Waals surface area contributed by atoms with E-state index in [0.717, 1.165) is 0 Å². The van der Waals surface area contributed by atoms with Crippen LogP contribution in [0.2, 0.25) is 0 Å². The zero-order valence-corrected chi connectivity index (χ0v) is 14.2. The molecule has 22 heavy (non-hydrogen) atoms. The number of carboxylic acid groups (broad SMARTS) is 1. The number of carboxylic acids is 1. The van der Waals surface area contributed by atoms with Gasteiger partial charge in [-0.25, -0.2) is 4.79 Å². The Balaban J connectivity index is 4.42. The van der Waals surface area contributed by atoms with Gasteiger partial charge in [0, 0.05) is 27.2 Å². The van der Waals surface area contributed by atoms with E-state index in [0.29, 0.717) is 6.54 Å². The third-order valence-electron chi connectivity index (χ3n) is 2.88. The summed E-state index contributed by atoms with van der Waals surface area (Å²) in [5, 5.41) is 11.4. The molecule has 0 bridgehead atoms. The quantitative estimate of drug-likeness (QED) is 0.704. The molecule has 1 atom stereocenters. The number of hydrogen-bond acceptors (Lipinski definition) is 5. The van der Waals surface area contributed by atoms with Crippen LogP contribution in [0, 0.1) is 0 Å². The van der Waals surface area contributed by atoms with E-state index in [1.54, 1.807) is 34.9 Å². The van der Waals surface area contributed by atoms with Gasteiger partial charge in [-0.15, -0.1) is 0 Å². The van der Waals surface area contributed by atoms with Crippen molar-refractivity contribution < 1.29 is 24.2 Å². The van der Waals surface area contributed by atoms with Crippen LogP contribution in [0.3, 0.4) is 0 Å². The Kier molecular flexibility index (Phi) is 7.86. The fourth-order valence-electron chi connectivity index (χ4n) is 1.59. The van der Waals surface area contributed by atoms with E-state index in [1.807, 2.05) is 0 Å². The van der Waals surface area contributed by atoms with Crippen molar-refractivity contribution in [3.05, 3.63) is 0 Å². The Morgan fingerprint density at radius 3 is 2.05 bits per heavy atom. The lowest BCUT2D eigenvalue weighted by Gasteiger charge is -2.27. The number of nitrogens with zero attached hydrogens (tertiary/aromatic N) is 2. The van der Waals surface area contributed by atoms with Crippen molar-refractivity contribution in [3.63, 3.8) is 0 Å². The predicted molar refractivity (Wildman–Crippen MR) is 81.6 cm³/mol. The number of likely N-dealkylation sites (N-methyl/N-ethyl adjacent to an activating group) is 3. The summed E-state index contributed by atoms with van der Waals surface area (Å²) in [6, 6.07) is -0.783. The van der Waals surface area contributed by atoms with Gasteiger partial charge in [0.15, 0.2) is 0 Å². The first-order valence-electron chi connectivity index (χ1n) is 7.06. The van der Waals surface area contributed by atoms with E-state index < -0.39 is 23.7 Å². The maximum Gasteiger partial charge on any atom is 0.410 e. The molecule has 128 valence electrons. The van der Waals surface area contributed by atoms with E-state index >= 15 is 0 Å². The van der Waals surface area contributed by atoms with E-state index in [1.165, 1.54) is 16.8 Å². The second kappa shape index (κ2) is 8.57.